The molecule has 0 atom stereocenters. The van der Waals surface area contributed by atoms with Gasteiger partial charge < -0.3 is 14.9 Å². The minimum Gasteiger partial charge on any atom is -0.478 e. The van der Waals surface area contributed by atoms with Gasteiger partial charge in [-0.1, -0.05) is 18.2 Å². The molecule has 1 amide bonds. The summed E-state index contributed by atoms with van der Waals surface area (Å²) in [6.45, 7) is 0. The lowest BCUT2D eigenvalue weighted by molar-refractivity contribution is 0.0686. The number of amides is 1. The SMILES string of the molecule is O=C(Nc1ccccc1C(=O)O)Oc1cccc(C(=O)O)c1. The average molecular weight is 301 g/mol. The van der Waals surface area contributed by atoms with Gasteiger partial charge in [0, 0.05) is 0 Å². The first-order valence-electron chi connectivity index (χ1n) is 6.12. The average Bonchev–Trinajstić information content (AvgIpc) is 2.47. The topological polar surface area (TPSA) is 113 Å². The minimum atomic E-state index is -1.19. The van der Waals surface area contributed by atoms with E-state index in [1.165, 1.54) is 42.5 Å². The molecule has 22 heavy (non-hydrogen) atoms. The Labute approximate surface area is 124 Å². The molecule has 0 unspecified atom stereocenters. The number of carboxylic acids is 2. The number of hydrogen-bond donors (Lipinski definition) is 3. The third-order valence-corrected chi connectivity index (χ3v) is 2.69. The van der Waals surface area contributed by atoms with Crippen LogP contribution in [0.4, 0.5) is 10.5 Å². The lowest BCUT2D eigenvalue weighted by atomic mass is 10.2. The molecule has 0 aliphatic heterocycles. The molecule has 7 heteroatoms. The molecule has 0 bridgehead atoms. The smallest absolute Gasteiger partial charge is 0.417 e. The first-order chi connectivity index (χ1) is 10.5. The van der Waals surface area contributed by atoms with Crippen LogP contribution in [0.1, 0.15) is 20.7 Å². The lowest BCUT2D eigenvalue weighted by Crippen LogP contribution is -2.18. The summed E-state index contributed by atoms with van der Waals surface area (Å²) >= 11 is 0. The Hall–Kier alpha value is -3.35. The van der Waals surface area contributed by atoms with Crippen molar-refractivity contribution in [2.75, 3.05) is 5.32 Å². The highest BCUT2D eigenvalue weighted by Crippen LogP contribution is 2.17. The molecule has 0 spiro atoms. The van der Waals surface area contributed by atoms with Crippen molar-refractivity contribution in [2.24, 2.45) is 0 Å². The zero-order valence-corrected chi connectivity index (χ0v) is 11.1. The molecule has 0 aliphatic carbocycles. The highest BCUT2D eigenvalue weighted by Gasteiger charge is 2.13. The summed E-state index contributed by atoms with van der Waals surface area (Å²) in [5.74, 6) is -2.31. The van der Waals surface area contributed by atoms with Gasteiger partial charge >= 0.3 is 18.0 Å². The summed E-state index contributed by atoms with van der Waals surface area (Å²) in [6, 6.07) is 11.2. The molecule has 112 valence electrons. The molecular formula is C15H11NO6. The van der Waals surface area contributed by atoms with Crippen molar-refractivity contribution in [3.05, 3.63) is 59.7 Å². The molecule has 2 aromatic rings. The van der Waals surface area contributed by atoms with E-state index in [-0.39, 0.29) is 22.6 Å². The third kappa shape index (κ3) is 3.60. The van der Waals surface area contributed by atoms with Crippen LogP contribution in [0.2, 0.25) is 0 Å². The minimum absolute atomic E-state index is 0.0313. The van der Waals surface area contributed by atoms with Crippen molar-refractivity contribution in [3.8, 4) is 5.75 Å². The highest BCUT2D eigenvalue weighted by molar-refractivity contribution is 5.99. The van der Waals surface area contributed by atoms with Gasteiger partial charge in [-0.05, 0) is 30.3 Å². The first kappa shape index (κ1) is 15.0. The maximum absolute atomic E-state index is 11.8. The van der Waals surface area contributed by atoms with E-state index in [1.807, 2.05) is 0 Å². The number of anilines is 1. The quantitative estimate of drug-likeness (QED) is 0.800. The second kappa shape index (κ2) is 6.40. The van der Waals surface area contributed by atoms with Crippen LogP contribution in [0.5, 0.6) is 5.75 Å². The van der Waals surface area contributed by atoms with Gasteiger partial charge in [0.15, 0.2) is 0 Å². The van der Waals surface area contributed by atoms with Gasteiger partial charge in [-0.3, -0.25) is 5.32 Å². The second-order valence-corrected chi connectivity index (χ2v) is 4.20. The molecule has 0 aliphatic rings. The summed E-state index contributed by atoms with van der Waals surface area (Å²) in [5, 5.41) is 20.2. The summed E-state index contributed by atoms with van der Waals surface area (Å²) < 4.78 is 4.94. The summed E-state index contributed by atoms with van der Waals surface area (Å²) in [4.78, 5) is 33.6. The summed E-state index contributed by atoms with van der Waals surface area (Å²) in [5.41, 5.74) is -0.0376. The highest BCUT2D eigenvalue weighted by atomic mass is 16.6. The Balaban J connectivity index is 2.12. The molecule has 0 fully saturated rings. The van der Waals surface area contributed by atoms with Crippen molar-refractivity contribution in [1.29, 1.82) is 0 Å². The number of rotatable bonds is 4. The van der Waals surface area contributed by atoms with Gasteiger partial charge in [0.25, 0.3) is 0 Å². The van der Waals surface area contributed by atoms with E-state index >= 15 is 0 Å². The Morgan fingerprint density at radius 3 is 2.32 bits per heavy atom. The van der Waals surface area contributed by atoms with Crippen LogP contribution >= 0.6 is 0 Å². The first-order valence-corrected chi connectivity index (χ1v) is 6.12. The Morgan fingerprint density at radius 1 is 0.909 bits per heavy atom. The molecule has 0 radical (unpaired) electrons. The van der Waals surface area contributed by atoms with E-state index in [2.05, 4.69) is 5.32 Å². The van der Waals surface area contributed by atoms with Crippen LogP contribution in [0.25, 0.3) is 0 Å². The second-order valence-electron chi connectivity index (χ2n) is 4.20. The van der Waals surface area contributed by atoms with Crippen molar-refractivity contribution < 1.29 is 29.3 Å². The fourth-order valence-corrected chi connectivity index (χ4v) is 1.71. The van der Waals surface area contributed by atoms with E-state index in [4.69, 9.17) is 14.9 Å². The normalized spacial score (nSPS) is 9.82. The molecule has 3 N–H and O–H groups in total. The standard InChI is InChI=1S/C15H11NO6/c17-13(18)9-4-3-5-10(8-9)22-15(21)16-12-7-2-1-6-11(12)14(19)20/h1-8H,(H,16,21)(H,17,18)(H,19,20). The molecule has 2 rings (SSSR count). The number of carboxylic acid groups (broad SMARTS) is 2. The predicted molar refractivity (Wildman–Crippen MR) is 76.4 cm³/mol. The van der Waals surface area contributed by atoms with Crippen LogP contribution in [0.15, 0.2) is 48.5 Å². The van der Waals surface area contributed by atoms with Crippen molar-refractivity contribution in [2.45, 2.75) is 0 Å². The Kier molecular flexibility index (Phi) is 4.38. The van der Waals surface area contributed by atoms with Gasteiger partial charge in [-0.25, -0.2) is 14.4 Å². The van der Waals surface area contributed by atoms with Crippen LogP contribution in [0.3, 0.4) is 0 Å². The van der Waals surface area contributed by atoms with E-state index < -0.39 is 18.0 Å². The van der Waals surface area contributed by atoms with E-state index in [0.29, 0.717) is 0 Å². The van der Waals surface area contributed by atoms with Crippen LogP contribution in [0, 0.1) is 0 Å². The molecule has 0 aromatic heterocycles. The molecular weight excluding hydrogens is 290 g/mol. The fraction of sp³-hybridized carbons (Fsp3) is 0. The van der Waals surface area contributed by atoms with E-state index in [0.717, 1.165) is 0 Å². The van der Waals surface area contributed by atoms with Crippen molar-refractivity contribution >= 4 is 23.7 Å². The number of nitrogens with one attached hydrogen (secondary N) is 1. The van der Waals surface area contributed by atoms with E-state index in [1.54, 1.807) is 6.07 Å². The van der Waals surface area contributed by atoms with Crippen LogP contribution in [-0.4, -0.2) is 28.2 Å². The molecule has 0 heterocycles. The van der Waals surface area contributed by atoms with Gasteiger partial charge in [-0.15, -0.1) is 0 Å². The summed E-state index contributed by atoms with van der Waals surface area (Å²) in [6.07, 6.45) is -0.920. The maximum atomic E-state index is 11.8. The Morgan fingerprint density at radius 2 is 1.64 bits per heavy atom. The van der Waals surface area contributed by atoms with Crippen molar-refractivity contribution in [3.63, 3.8) is 0 Å². The number of carbonyl (C=O) groups is 3. The number of para-hydroxylation sites is 1. The Bertz CT molecular complexity index is 740. The molecule has 2 aromatic carbocycles. The van der Waals surface area contributed by atoms with Crippen molar-refractivity contribution in [1.82, 2.24) is 0 Å². The summed E-state index contributed by atoms with van der Waals surface area (Å²) in [7, 11) is 0. The predicted octanol–water partition coefficient (Wildman–Crippen LogP) is 2.69. The number of aromatic carboxylic acids is 2. The largest absolute Gasteiger partial charge is 0.478 e. The van der Waals surface area contributed by atoms with Gasteiger partial charge in [0.1, 0.15) is 5.75 Å². The lowest BCUT2D eigenvalue weighted by Gasteiger charge is -2.09. The van der Waals surface area contributed by atoms with Crippen LogP contribution < -0.4 is 10.1 Å². The number of ether oxygens (including phenoxy) is 1. The number of hydrogen-bond acceptors (Lipinski definition) is 4. The van der Waals surface area contributed by atoms with Crippen LogP contribution in [-0.2, 0) is 0 Å². The fourth-order valence-electron chi connectivity index (χ4n) is 1.71. The number of benzene rings is 2. The molecule has 7 nitrogen and oxygen atoms in total. The monoisotopic (exact) mass is 301 g/mol. The zero-order chi connectivity index (χ0) is 16.1. The third-order valence-electron chi connectivity index (χ3n) is 2.69. The molecule has 0 saturated heterocycles. The molecule has 0 saturated carbocycles. The maximum Gasteiger partial charge on any atom is 0.417 e. The van der Waals surface area contributed by atoms with Gasteiger partial charge in [0.2, 0.25) is 0 Å². The van der Waals surface area contributed by atoms with E-state index in [9.17, 15) is 14.4 Å². The van der Waals surface area contributed by atoms with Gasteiger partial charge in [-0.2, -0.15) is 0 Å². The number of carbonyl (C=O) groups excluding carboxylic acids is 1. The van der Waals surface area contributed by atoms with Gasteiger partial charge in [0.05, 0.1) is 16.8 Å². The zero-order valence-electron chi connectivity index (χ0n) is 11.1.